The average molecular weight is 235 g/mol. The highest BCUT2D eigenvalue weighted by molar-refractivity contribution is 6.32. The Balaban J connectivity index is 2.28. The summed E-state index contributed by atoms with van der Waals surface area (Å²) in [6.45, 7) is 1.80. The third-order valence-electron chi connectivity index (χ3n) is 2.26. The maximum Gasteiger partial charge on any atom is 0.182 e. The molecule has 82 valence electrons. The van der Waals surface area contributed by atoms with Gasteiger partial charge in [-0.1, -0.05) is 35.0 Å². The van der Waals surface area contributed by atoms with Gasteiger partial charge in [0, 0.05) is 5.02 Å². The molecule has 3 nitrogen and oxygen atoms in total. The molecule has 0 aliphatic heterocycles. The Hall–Kier alpha value is -1.74. The maximum absolute atomic E-state index is 6.01. The molecule has 1 aromatic heterocycles. The van der Waals surface area contributed by atoms with Gasteiger partial charge in [-0.25, -0.2) is 0 Å². The van der Waals surface area contributed by atoms with Crippen molar-refractivity contribution in [2.75, 3.05) is 5.73 Å². The molecule has 4 heteroatoms. The summed E-state index contributed by atoms with van der Waals surface area (Å²) in [5, 5.41) is 4.46. The first kappa shape index (κ1) is 10.8. The number of benzene rings is 1. The van der Waals surface area contributed by atoms with Gasteiger partial charge < -0.3 is 10.3 Å². The second-order valence-corrected chi connectivity index (χ2v) is 3.81. The lowest BCUT2D eigenvalue weighted by atomic mass is 10.2. The molecule has 0 saturated carbocycles. The van der Waals surface area contributed by atoms with Gasteiger partial charge in [0.1, 0.15) is 11.4 Å². The van der Waals surface area contributed by atoms with E-state index < -0.39 is 0 Å². The van der Waals surface area contributed by atoms with Crippen LogP contribution in [0.15, 0.2) is 28.8 Å². The minimum absolute atomic E-state index is 0.553. The van der Waals surface area contributed by atoms with Crippen LogP contribution in [0, 0.1) is 6.92 Å². The van der Waals surface area contributed by atoms with Gasteiger partial charge in [-0.3, -0.25) is 0 Å². The fourth-order valence-electron chi connectivity index (χ4n) is 1.29. The molecule has 0 aliphatic rings. The highest BCUT2D eigenvalue weighted by Gasteiger charge is 2.05. The van der Waals surface area contributed by atoms with Crippen LogP contribution in [0.5, 0.6) is 0 Å². The minimum atomic E-state index is 0.553. The largest absolute Gasteiger partial charge is 0.394 e. The first-order valence-corrected chi connectivity index (χ1v) is 5.20. The smallest absolute Gasteiger partial charge is 0.182 e. The molecule has 0 atom stereocenters. The Morgan fingerprint density at radius 2 is 2.06 bits per heavy atom. The van der Waals surface area contributed by atoms with Crippen LogP contribution in [-0.4, -0.2) is 5.16 Å². The van der Waals surface area contributed by atoms with E-state index in [1.54, 1.807) is 13.0 Å². The molecule has 0 saturated heterocycles. The topological polar surface area (TPSA) is 52.0 Å². The molecular weight excluding hydrogens is 224 g/mol. The number of aryl methyl sites for hydroxylation is 1. The molecule has 2 aromatic rings. The summed E-state index contributed by atoms with van der Waals surface area (Å²) in [6.07, 6.45) is 3.61. The van der Waals surface area contributed by atoms with Crippen LogP contribution >= 0.6 is 11.6 Å². The molecule has 2 rings (SSSR count). The summed E-state index contributed by atoms with van der Waals surface area (Å²) in [6, 6.07) is 7.54. The Kier molecular flexibility index (Phi) is 2.97. The zero-order valence-electron chi connectivity index (χ0n) is 8.77. The van der Waals surface area contributed by atoms with Crippen molar-refractivity contribution in [2.45, 2.75) is 6.92 Å². The molecule has 1 heterocycles. The fraction of sp³-hybridized carbons (Fsp3) is 0.0833. The second kappa shape index (κ2) is 4.41. The van der Waals surface area contributed by atoms with E-state index >= 15 is 0 Å². The third kappa shape index (κ3) is 2.09. The number of hydrogen-bond donors (Lipinski definition) is 1. The van der Waals surface area contributed by atoms with Crippen LogP contribution in [0.3, 0.4) is 0 Å². The van der Waals surface area contributed by atoms with E-state index in [4.69, 9.17) is 21.9 Å². The van der Waals surface area contributed by atoms with Crippen molar-refractivity contribution in [2.24, 2.45) is 0 Å². The van der Waals surface area contributed by atoms with E-state index in [9.17, 15) is 0 Å². The molecular formula is C12H11ClN2O. The molecule has 0 fully saturated rings. The number of aromatic nitrogens is 1. The van der Waals surface area contributed by atoms with Crippen molar-refractivity contribution in [3.05, 3.63) is 46.3 Å². The van der Waals surface area contributed by atoms with Gasteiger partial charge in [-0.15, -0.1) is 0 Å². The lowest BCUT2D eigenvalue weighted by Crippen LogP contribution is -1.86. The van der Waals surface area contributed by atoms with Gasteiger partial charge >= 0.3 is 0 Å². The number of anilines is 1. The Labute approximate surface area is 98.5 Å². The average Bonchev–Trinajstić information content (AvgIpc) is 2.59. The van der Waals surface area contributed by atoms with E-state index in [-0.39, 0.29) is 0 Å². The van der Waals surface area contributed by atoms with Gasteiger partial charge in [-0.2, -0.15) is 0 Å². The maximum atomic E-state index is 6.01. The summed E-state index contributed by atoms with van der Waals surface area (Å²) < 4.78 is 5.05. The summed E-state index contributed by atoms with van der Waals surface area (Å²) in [7, 11) is 0. The first-order valence-electron chi connectivity index (χ1n) is 4.83. The van der Waals surface area contributed by atoms with Crippen LogP contribution in [0.25, 0.3) is 12.2 Å². The number of hydrogen-bond acceptors (Lipinski definition) is 3. The zero-order valence-corrected chi connectivity index (χ0v) is 9.53. The third-order valence-corrected chi connectivity index (χ3v) is 2.60. The molecule has 1 aromatic carbocycles. The lowest BCUT2D eigenvalue weighted by Gasteiger charge is -1.95. The lowest BCUT2D eigenvalue weighted by molar-refractivity contribution is 0.408. The molecule has 0 aliphatic carbocycles. The predicted octanol–water partition coefficient (Wildman–Crippen LogP) is 3.39. The summed E-state index contributed by atoms with van der Waals surface area (Å²) in [4.78, 5) is 0. The highest BCUT2D eigenvalue weighted by Crippen LogP contribution is 2.21. The number of nitrogens with zero attached hydrogens (tertiary/aromatic N) is 1. The summed E-state index contributed by atoms with van der Waals surface area (Å²) in [5.74, 6) is 0.553. The standard InChI is InChI=1S/C12H11ClN2O/c1-8-12(14)11(16-15-8)7-6-9-4-2-3-5-10(9)13/h2-7H,14H2,1H3/b7-6+. The summed E-state index contributed by atoms with van der Waals surface area (Å²) >= 11 is 6.01. The van der Waals surface area contributed by atoms with Crippen molar-refractivity contribution in [1.82, 2.24) is 5.16 Å². The van der Waals surface area contributed by atoms with E-state index in [0.717, 1.165) is 5.56 Å². The fourth-order valence-corrected chi connectivity index (χ4v) is 1.49. The van der Waals surface area contributed by atoms with E-state index in [1.807, 2.05) is 30.3 Å². The van der Waals surface area contributed by atoms with Crippen molar-refractivity contribution in [3.8, 4) is 0 Å². The second-order valence-electron chi connectivity index (χ2n) is 3.40. The molecule has 16 heavy (non-hydrogen) atoms. The van der Waals surface area contributed by atoms with Crippen molar-refractivity contribution in [3.63, 3.8) is 0 Å². The normalized spacial score (nSPS) is 11.1. The summed E-state index contributed by atoms with van der Waals surface area (Å²) in [5.41, 5.74) is 7.93. The number of nitrogen functional groups attached to an aromatic ring is 1. The van der Waals surface area contributed by atoms with E-state index in [1.165, 1.54) is 0 Å². The van der Waals surface area contributed by atoms with Crippen LogP contribution in [0.2, 0.25) is 5.02 Å². The van der Waals surface area contributed by atoms with Gasteiger partial charge in [0.25, 0.3) is 0 Å². The van der Waals surface area contributed by atoms with Gasteiger partial charge in [-0.05, 0) is 30.7 Å². The van der Waals surface area contributed by atoms with Crippen molar-refractivity contribution in [1.29, 1.82) is 0 Å². The minimum Gasteiger partial charge on any atom is -0.394 e. The number of halogens is 1. The van der Waals surface area contributed by atoms with Gasteiger partial charge in [0.05, 0.1) is 0 Å². The van der Waals surface area contributed by atoms with E-state index in [0.29, 0.717) is 22.2 Å². The van der Waals surface area contributed by atoms with Gasteiger partial charge in [0.15, 0.2) is 5.76 Å². The highest BCUT2D eigenvalue weighted by atomic mass is 35.5. The molecule has 0 spiro atoms. The Bertz CT molecular complexity index is 532. The number of nitrogens with two attached hydrogens (primary N) is 1. The first-order chi connectivity index (χ1) is 7.68. The van der Waals surface area contributed by atoms with Crippen molar-refractivity contribution < 1.29 is 4.52 Å². The molecule has 0 radical (unpaired) electrons. The van der Waals surface area contributed by atoms with Crippen LogP contribution in [0.4, 0.5) is 5.69 Å². The molecule has 0 bridgehead atoms. The van der Waals surface area contributed by atoms with Gasteiger partial charge in [0.2, 0.25) is 0 Å². The molecule has 0 amide bonds. The van der Waals surface area contributed by atoms with E-state index in [2.05, 4.69) is 5.16 Å². The Morgan fingerprint density at radius 1 is 1.31 bits per heavy atom. The van der Waals surface area contributed by atoms with Crippen LogP contribution < -0.4 is 5.73 Å². The van der Waals surface area contributed by atoms with Crippen LogP contribution in [-0.2, 0) is 0 Å². The molecule has 0 unspecified atom stereocenters. The number of rotatable bonds is 2. The zero-order chi connectivity index (χ0) is 11.5. The molecule has 2 N–H and O–H groups in total. The van der Waals surface area contributed by atoms with Crippen LogP contribution in [0.1, 0.15) is 17.0 Å². The predicted molar refractivity (Wildman–Crippen MR) is 66.0 cm³/mol. The SMILES string of the molecule is Cc1noc(/C=C/c2ccccc2Cl)c1N. The van der Waals surface area contributed by atoms with Crippen molar-refractivity contribution >= 4 is 29.4 Å². The monoisotopic (exact) mass is 234 g/mol. The Morgan fingerprint density at radius 3 is 2.69 bits per heavy atom. The quantitative estimate of drug-likeness (QED) is 0.867.